The lowest BCUT2D eigenvalue weighted by molar-refractivity contribution is 0.0594. The van der Waals surface area contributed by atoms with Crippen molar-refractivity contribution in [3.8, 4) is 11.5 Å². The summed E-state index contributed by atoms with van der Waals surface area (Å²) in [5.74, 6) is 1.67. The molecule has 136 valence electrons. The fourth-order valence-electron chi connectivity index (χ4n) is 4.21. The third kappa shape index (κ3) is 2.75. The van der Waals surface area contributed by atoms with Crippen molar-refractivity contribution >= 4 is 5.91 Å². The predicted octanol–water partition coefficient (Wildman–Crippen LogP) is 2.12. The Kier molecular flexibility index (Phi) is 4.18. The van der Waals surface area contributed by atoms with Gasteiger partial charge < -0.3 is 18.9 Å². The second-order valence-electron chi connectivity index (χ2n) is 6.98. The Morgan fingerprint density at radius 1 is 1.04 bits per heavy atom. The maximum Gasteiger partial charge on any atom is 0.254 e. The van der Waals surface area contributed by atoms with E-state index in [0.717, 1.165) is 12.1 Å². The molecule has 2 aromatic rings. The molecule has 2 aliphatic rings. The summed E-state index contributed by atoms with van der Waals surface area (Å²) in [5.41, 5.74) is 1.68. The Bertz CT molecular complexity index is 905. The van der Waals surface area contributed by atoms with Crippen LogP contribution in [0.15, 0.2) is 41.2 Å². The molecule has 0 aliphatic carbocycles. The van der Waals surface area contributed by atoms with Crippen molar-refractivity contribution in [1.82, 2.24) is 9.47 Å². The molecule has 1 amide bonds. The largest absolute Gasteiger partial charge is 0.493 e. The summed E-state index contributed by atoms with van der Waals surface area (Å²) >= 11 is 0. The van der Waals surface area contributed by atoms with Gasteiger partial charge in [-0.2, -0.15) is 0 Å². The first kappa shape index (κ1) is 16.7. The first-order valence-corrected chi connectivity index (χ1v) is 8.81. The molecule has 1 saturated heterocycles. The first-order chi connectivity index (χ1) is 12.6. The Morgan fingerprint density at radius 3 is 2.62 bits per heavy atom. The number of ether oxygens (including phenoxy) is 2. The Balaban J connectivity index is 1.61. The van der Waals surface area contributed by atoms with Crippen LogP contribution >= 0.6 is 0 Å². The second-order valence-corrected chi connectivity index (χ2v) is 6.98. The van der Waals surface area contributed by atoms with E-state index in [9.17, 15) is 9.59 Å². The summed E-state index contributed by atoms with van der Waals surface area (Å²) in [6, 6.07) is 10.7. The van der Waals surface area contributed by atoms with E-state index in [-0.39, 0.29) is 17.4 Å². The molecule has 26 heavy (non-hydrogen) atoms. The molecule has 1 aromatic carbocycles. The fourth-order valence-corrected chi connectivity index (χ4v) is 4.21. The maximum absolute atomic E-state index is 13.0. The van der Waals surface area contributed by atoms with Crippen LogP contribution in [0.3, 0.4) is 0 Å². The second kappa shape index (κ2) is 6.52. The number of benzene rings is 1. The van der Waals surface area contributed by atoms with E-state index in [2.05, 4.69) is 0 Å². The Morgan fingerprint density at radius 2 is 1.85 bits per heavy atom. The first-order valence-electron chi connectivity index (χ1n) is 8.81. The monoisotopic (exact) mass is 354 g/mol. The number of hydrogen-bond acceptors (Lipinski definition) is 4. The molecule has 4 rings (SSSR count). The number of hydrogen-bond donors (Lipinski definition) is 0. The number of fused-ring (bicyclic) bond motifs is 4. The van der Waals surface area contributed by atoms with Crippen LogP contribution in [0, 0.1) is 5.92 Å². The van der Waals surface area contributed by atoms with Crippen LogP contribution in [0.1, 0.15) is 28.4 Å². The Hall–Kier alpha value is -2.76. The molecule has 0 unspecified atom stereocenters. The van der Waals surface area contributed by atoms with Crippen molar-refractivity contribution < 1.29 is 14.3 Å². The number of aromatic nitrogens is 1. The third-order valence-corrected chi connectivity index (χ3v) is 5.40. The van der Waals surface area contributed by atoms with Crippen molar-refractivity contribution in [2.45, 2.75) is 18.9 Å². The van der Waals surface area contributed by atoms with Crippen molar-refractivity contribution in [3.63, 3.8) is 0 Å². The number of piperidine rings is 1. The molecule has 1 aromatic heterocycles. The SMILES string of the molecule is COc1ccc(C(=O)N2C[C@H]3C[C@H](C2)c2cccc(=O)n2C3)cc1OC. The summed E-state index contributed by atoms with van der Waals surface area (Å²) in [6.07, 6.45) is 1.03. The molecule has 0 spiro atoms. The van der Waals surface area contributed by atoms with Gasteiger partial charge in [-0.25, -0.2) is 0 Å². The Labute approximate surface area is 152 Å². The number of pyridine rings is 1. The van der Waals surface area contributed by atoms with E-state index < -0.39 is 0 Å². The number of rotatable bonds is 3. The van der Waals surface area contributed by atoms with Gasteiger partial charge in [-0.1, -0.05) is 6.07 Å². The molecular formula is C20H22N2O4. The van der Waals surface area contributed by atoms with E-state index in [4.69, 9.17) is 9.47 Å². The van der Waals surface area contributed by atoms with Crippen LogP contribution in [0.4, 0.5) is 0 Å². The number of amides is 1. The highest BCUT2D eigenvalue weighted by Gasteiger charge is 2.36. The summed E-state index contributed by atoms with van der Waals surface area (Å²) in [4.78, 5) is 27.1. The summed E-state index contributed by atoms with van der Waals surface area (Å²) in [7, 11) is 3.14. The van der Waals surface area contributed by atoms with Crippen LogP contribution in [0.2, 0.25) is 0 Å². The predicted molar refractivity (Wildman–Crippen MR) is 97.0 cm³/mol. The van der Waals surface area contributed by atoms with Crippen LogP contribution < -0.4 is 15.0 Å². The molecule has 6 heteroatoms. The highest BCUT2D eigenvalue weighted by Crippen LogP contribution is 2.36. The van der Waals surface area contributed by atoms with Crippen LogP contribution in [0.25, 0.3) is 0 Å². The number of carbonyl (C=O) groups is 1. The topological polar surface area (TPSA) is 60.8 Å². The minimum Gasteiger partial charge on any atom is -0.493 e. The maximum atomic E-state index is 13.0. The van der Waals surface area contributed by atoms with E-state index >= 15 is 0 Å². The van der Waals surface area contributed by atoms with E-state index in [1.165, 1.54) is 0 Å². The lowest BCUT2D eigenvalue weighted by Crippen LogP contribution is -2.49. The van der Waals surface area contributed by atoms with Gasteiger partial charge in [-0.15, -0.1) is 0 Å². The van der Waals surface area contributed by atoms with Gasteiger partial charge in [0.2, 0.25) is 0 Å². The quantitative estimate of drug-likeness (QED) is 0.847. The van der Waals surface area contributed by atoms with Gasteiger partial charge in [0.05, 0.1) is 14.2 Å². The van der Waals surface area contributed by atoms with Crippen LogP contribution in [-0.2, 0) is 6.54 Å². The fraction of sp³-hybridized carbons (Fsp3) is 0.400. The summed E-state index contributed by atoms with van der Waals surface area (Å²) < 4.78 is 12.4. The zero-order valence-electron chi connectivity index (χ0n) is 15.0. The number of methoxy groups -OCH3 is 2. The molecule has 0 N–H and O–H groups in total. The van der Waals surface area contributed by atoms with Gasteiger partial charge >= 0.3 is 0 Å². The molecular weight excluding hydrogens is 332 g/mol. The molecule has 2 aliphatic heterocycles. The van der Waals surface area contributed by atoms with Crippen molar-refractivity contribution in [3.05, 3.63) is 58.0 Å². The van der Waals surface area contributed by atoms with E-state index in [1.807, 2.05) is 21.6 Å². The lowest BCUT2D eigenvalue weighted by Gasteiger charge is -2.42. The molecule has 2 bridgehead atoms. The molecule has 0 saturated carbocycles. The number of carbonyl (C=O) groups excluding carboxylic acids is 1. The smallest absolute Gasteiger partial charge is 0.254 e. The average molecular weight is 354 g/mol. The van der Waals surface area contributed by atoms with Gasteiger partial charge in [0.1, 0.15) is 0 Å². The van der Waals surface area contributed by atoms with Crippen molar-refractivity contribution in [1.29, 1.82) is 0 Å². The van der Waals surface area contributed by atoms with Crippen molar-refractivity contribution in [2.75, 3.05) is 27.3 Å². The highest BCUT2D eigenvalue weighted by atomic mass is 16.5. The molecule has 3 heterocycles. The van der Waals surface area contributed by atoms with E-state index in [0.29, 0.717) is 42.6 Å². The molecule has 0 radical (unpaired) electrons. The molecule has 1 fully saturated rings. The van der Waals surface area contributed by atoms with Gasteiger partial charge in [-0.05, 0) is 36.6 Å². The normalized spacial score (nSPS) is 21.1. The third-order valence-electron chi connectivity index (χ3n) is 5.40. The number of nitrogens with zero attached hydrogens (tertiary/aromatic N) is 2. The van der Waals surface area contributed by atoms with Gasteiger partial charge in [0.15, 0.2) is 11.5 Å². The standard InChI is InChI=1S/C20H22N2O4/c1-25-17-7-6-14(9-18(17)26-2)20(24)21-10-13-8-15(12-21)16-4-3-5-19(23)22(16)11-13/h3-7,9,13,15H,8,10-12H2,1-2H3/t13-,15-/m1/s1. The lowest BCUT2D eigenvalue weighted by atomic mass is 9.83. The van der Waals surface area contributed by atoms with Crippen LogP contribution in [-0.4, -0.2) is 42.7 Å². The average Bonchev–Trinajstić information content (AvgIpc) is 2.67. The summed E-state index contributed by atoms with van der Waals surface area (Å²) in [5, 5.41) is 0. The van der Waals surface area contributed by atoms with Gasteiger partial charge in [-0.3, -0.25) is 9.59 Å². The number of likely N-dealkylation sites (tertiary alicyclic amines) is 1. The van der Waals surface area contributed by atoms with Gasteiger partial charge in [0, 0.05) is 42.9 Å². The molecule has 6 nitrogen and oxygen atoms in total. The van der Waals surface area contributed by atoms with Crippen molar-refractivity contribution in [2.24, 2.45) is 5.92 Å². The summed E-state index contributed by atoms with van der Waals surface area (Å²) in [6.45, 7) is 1.98. The van der Waals surface area contributed by atoms with Gasteiger partial charge in [0.25, 0.3) is 11.5 Å². The minimum atomic E-state index is -0.00705. The minimum absolute atomic E-state index is 0.00705. The zero-order chi connectivity index (χ0) is 18.3. The van der Waals surface area contributed by atoms with E-state index in [1.54, 1.807) is 38.5 Å². The van der Waals surface area contributed by atoms with Crippen LogP contribution in [0.5, 0.6) is 11.5 Å². The molecule has 2 atom stereocenters. The zero-order valence-corrected chi connectivity index (χ0v) is 15.0. The highest BCUT2D eigenvalue weighted by molar-refractivity contribution is 5.95.